The fourth-order valence-corrected chi connectivity index (χ4v) is 3.16. The van der Waals surface area contributed by atoms with Gasteiger partial charge in [0.1, 0.15) is 6.04 Å². The van der Waals surface area contributed by atoms with E-state index >= 15 is 0 Å². The zero-order valence-electron chi connectivity index (χ0n) is 17.6. The van der Waals surface area contributed by atoms with Crippen molar-refractivity contribution in [2.45, 2.75) is 32.4 Å². The van der Waals surface area contributed by atoms with Crippen molar-refractivity contribution in [1.82, 2.24) is 4.98 Å². The number of carbonyl (C=O) groups is 2. The molecule has 0 aliphatic carbocycles. The molecule has 0 radical (unpaired) electrons. The highest BCUT2D eigenvalue weighted by molar-refractivity contribution is 6.02. The molecule has 0 aliphatic rings. The quantitative estimate of drug-likeness (QED) is 0.476. The molecule has 6 heteroatoms. The third kappa shape index (κ3) is 7.77. The molecule has 2 unspecified atom stereocenters. The van der Waals surface area contributed by atoms with Crippen LogP contribution in [0.3, 0.4) is 0 Å². The van der Waals surface area contributed by atoms with Gasteiger partial charge < -0.3 is 16.6 Å². The number of carboxylic acid groups (broad SMARTS) is 1. The van der Waals surface area contributed by atoms with Crippen LogP contribution in [0, 0.1) is 5.92 Å². The first-order chi connectivity index (χ1) is 14.9. The molecule has 0 saturated carbocycles. The number of hydrogen-bond donors (Lipinski definition) is 3. The van der Waals surface area contributed by atoms with Crippen LogP contribution >= 0.6 is 0 Å². The van der Waals surface area contributed by atoms with Gasteiger partial charge >= 0.3 is 5.97 Å². The predicted molar refractivity (Wildman–Crippen MR) is 122 cm³/mol. The second kappa shape index (κ2) is 12.4. The van der Waals surface area contributed by atoms with E-state index in [0.717, 1.165) is 16.7 Å². The van der Waals surface area contributed by atoms with Gasteiger partial charge in [0.25, 0.3) is 0 Å². The largest absolute Gasteiger partial charge is 0.480 e. The lowest BCUT2D eigenvalue weighted by Gasteiger charge is -2.15. The summed E-state index contributed by atoms with van der Waals surface area (Å²) >= 11 is 0. The van der Waals surface area contributed by atoms with Gasteiger partial charge in [0.15, 0.2) is 5.78 Å². The van der Waals surface area contributed by atoms with E-state index in [1.54, 1.807) is 12.4 Å². The smallest absolute Gasteiger partial charge is 0.320 e. The molecule has 3 rings (SSSR count). The first-order valence-corrected chi connectivity index (χ1v) is 10.2. The van der Waals surface area contributed by atoms with E-state index in [4.69, 9.17) is 16.6 Å². The fourth-order valence-electron chi connectivity index (χ4n) is 3.16. The van der Waals surface area contributed by atoms with Crippen molar-refractivity contribution in [2.75, 3.05) is 0 Å². The number of benzene rings is 2. The topological polar surface area (TPSA) is 119 Å². The Labute approximate surface area is 182 Å². The number of aliphatic carboxylic acids is 1. The van der Waals surface area contributed by atoms with Crippen molar-refractivity contribution in [1.29, 1.82) is 0 Å². The molecule has 0 fully saturated rings. The molecule has 0 bridgehead atoms. The number of aromatic nitrogens is 1. The number of pyridine rings is 1. The Balaban J connectivity index is 0.000000357. The molecule has 1 aromatic heterocycles. The summed E-state index contributed by atoms with van der Waals surface area (Å²) < 4.78 is 0. The Morgan fingerprint density at radius 2 is 1.68 bits per heavy atom. The Morgan fingerprint density at radius 3 is 2.26 bits per heavy atom. The van der Waals surface area contributed by atoms with Gasteiger partial charge in [-0.05, 0) is 35.1 Å². The minimum Gasteiger partial charge on any atom is -0.480 e. The average Bonchev–Trinajstić information content (AvgIpc) is 2.80. The molecule has 31 heavy (non-hydrogen) atoms. The summed E-state index contributed by atoms with van der Waals surface area (Å²) in [5, 5.41) is 8.86. The van der Waals surface area contributed by atoms with Crippen LogP contribution in [0.5, 0.6) is 0 Å². The summed E-state index contributed by atoms with van der Waals surface area (Å²) in [7, 11) is 0. The van der Waals surface area contributed by atoms with E-state index in [2.05, 4.69) is 4.98 Å². The molecule has 0 amide bonds. The van der Waals surface area contributed by atoms with Gasteiger partial charge in [0, 0.05) is 30.9 Å². The van der Waals surface area contributed by atoms with E-state index < -0.39 is 12.0 Å². The standard InChI is InChI=1S/C19H21NO3.C6H8N2/c1-13(11-17(20)19(22)23)12-18(21)16-10-6-5-9-15(16)14-7-3-2-4-8-14;7-4-6-2-1-3-8-5-6/h2-10,13,17H,11-12,20H2,1H3,(H,22,23);1-3,5H,4,7H2. The van der Waals surface area contributed by atoms with E-state index in [0.29, 0.717) is 12.1 Å². The number of nitrogens with zero attached hydrogens (tertiary/aromatic N) is 1. The lowest BCUT2D eigenvalue weighted by atomic mass is 9.90. The summed E-state index contributed by atoms with van der Waals surface area (Å²) in [6, 6.07) is 20.1. The van der Waals surface area contributed by atoms with Crippen LogP contribution in [0.1, 0.15) is 35.7 Å². The zero-order valence-corrected chi connectivity index (χ0v) is 17.6. The van der Waals surface area contributed by atoms with Crippen molar-refractivity contribution in [3.63, 3.8) is 0 Å². The third-order valence-electron chi connectivity index (χ3n) is 4.78. The minimum absolute atomic E-state index is 0.00884. The van der Waals surface area contributed by atoms with Crippen LogP contribution < -0.4 is 11.5 Å². The van der Waals surface area contributed by atoms with E-state index in [1.165, 1.54) is 0 Å². The fraction of sp³-hybridized carbons (Fsp3) is 0.240. The van der Waals surface area contributed by atoms with Gasteiger partial charge in [-0.15, -0.1) is 0 Å². The van der Waals surface area contributed by atoms with E-state index in [1.807, 2.05) is 73.7 Å². The van der Waals surface area contributed by atoms with Crippen molar-refractivity contribution >= 4 is 11.8 Å². The van der Waals surface area contributed by atoms with Gasteiger partial charge in [-0.3, -0.25) is 14.6 Å². The van der Waals surface area contributed by atoms with Crippen LogP contribution in [-0.2, 0) is 11.3 Å². The van der Waals surface area contributed by atoms with Gasteiger partial charge in [0.2, 0.25) is 0 Å². The maximum atomic E-state index is 12.6. The first kappa shape index (κ1) is 23.9. The maximum Gasteiger partial charge on any atom is 0.320 e. The molecule has 2 atom stereocenters. The third-order valence-corrected chi connectivity index (χ3v) is 4.78. The second-order valence-corrected chi connectivity index (χ2v) is 7.39. The predicted octanol–water partition coefficient (Wildman–Crippen LogP) is 3.90. The lowest BCUT2D eigenvalue weighted by Crippen LogP contribution is -2.32. The summed E-state index contributed by atoms with van der Waals surface area (Å²) in [5.41, 5.74) is 14.5. The number of carboxylic acids is 1. The second-order valence-electron chi connectivity index (χ2n) is 7.39. The average molecular weight is 420 g/mol. The summed E-state index contributed by atoms with van der Waals surface area (Å²) in [5.74, 6) is -1.11. The highest BCUT2D eigenvalue weighted by Crippen LogP contribution is 2.26. The summed E-state index contributed by atoms with van der Waals surface area (Å²) in [4.78, 5) is 27.3. The Bertz CT molecular complexity index is 962. The molecule has 6 nitrogen and oxygen atoms in total. The van der Waals surface area contributed by atoms with Crippen molar-refractivity contribution in [3.8, 4) is 11.1 Å². The SMILES string of the molecule is CC(CC(=O)c1ccccc1-c1ccccc1)CC(N)C(=O)O.NCc1cccnc1. The highest BCUT2D eigenvalue weighted by Gasteiger charge is 2.20. The molecule has 2 aromatic carbocycles. The molecule has 0 saturated heterocycles. The molecule has 0 spiro atoms. The normalized spacial score (nSPS) is 12.2. The van der Waals surface area contributed by atoms with E-state index in [9.17, 15) is 9.59 Å². The van der Waals surface area contributed by atoms with Crippen molar-refractivity contribution in [3.05, 3.63) is 90.3 Å². The van der Waals surface area contributed by atoms with Crippen LogP contribution in [0.4, 0.5) is 0 Å². The lowest BCUT2D eigenvalue weighted by molar-refractivity contribution is -0.138. The van der Waals surface area contributed by atoms with Gasteiger partial charge in [0.05, 0.1) is 0 Å². The molecule has 3 aromatic rings. The maximum absolute atomic E-state index is 12.6. The number of rotatable bonds is 8. The van der Waals surface area contributed by atoms with Crippen molar-refractivity contribution < 1.29 is 14.7 Å². The molecule has 5 N–H and O–H groups in total. The molecule has 1 heterocycles. The number of carbonyl (C=O) groups excluding carboxylic acids is 1. The summed E-state index contributed by atoms with van der Waals surface area (Å²) in [6.07, 6.45) is 4.07. The van der Waals surface area contributed by atoms with Gasteiger partial charge in [-0.25, -0.2) is 0 Å². The van der Waals surface area contributed by atoms with Crippen molar-refractivity contribution in [2.24, 2.45) is 17.4 Å². The zero-order chi connectivity index (χ0) is 22.6. The van der Waals surface area contributed by atoms with Gasteiger partial charge in [-0.2, -0.15) is 0 Å². The Morgan fingerprint density at radius 1 is 1.00 bits per heavy atom. The number of hydrogen-bond acceptors (Lipinski definition) is 5. The molecular formula is C25H29N3O3. The highest BCUT2D eigenvalue weighted by atomic mass is 16.4. The van der Waals surface area contributed by atoms with Crippen LogP contribution in [0.2, 0.25) is 0 Å². The molecule has 0 aliphatic heterocycles. The van der Waals surface area contributed by atoms with Crippen LogP contribution in [0.15, 0.2) is 79.1 Å². The van der Waals surface area contributed by atoms with E-state index in [-0.39, 0.29) is 24.5 Å². The monoisotopic (exact) mass is 419 g/mol. The summed E-state index contributed by atoms with van der Waals surface area (Å²) in [6.45, 7) is 2.43. The van der Waals surface area contributed by atoms with Crippen LogP contribution in [0.25, 0.3) is 11.1 Å². The van der Waals surface area contributed by atoms with Crippen LogP contribution in [-0.4, -0.2) is 27.9 Å². The first-order valence-electron chi connectivity index (χ1n) is 10.2. The Kier molecular flexibility index (Phi) is 9.55. The molecular weight excluding hydrogens is 390 g/mol. The Hall–Kier alpha value is -3.35. The number of ketones is 1. The van der Waals surface area contributed by atoms with Gasteiger partial charge in [-0.1, -0.05) is 67.6 Å². The minimum atomic E-state index is -1.03. The number of Topliss-reactive ketones (excluding diaryl/α,β-unsaturated/α-hetero) is 1. The number of nitrogens with two attached hydrogens (primary N) is 2. The molecule has 162 valence electrons.